The molecule has 1 unspecified atom stereocenters. The number of ether oxygens (including phenoxy) is 1. The number of hydrogen-bond acceptors (Lipinski definition) is 4. The maximum Gasteiger partial charge on any atom is 0.323 e. The smallest absolute Gasteiger partial charge is 0.323 e. The van der Waals surface area contributed by atoms with Crippen molar-refractivity contribution in [2.45, 2.75) is 52.6 Å². The molecule has 1 atom stereocenters. The van der Waals surface area contributed by atoms with Crippen molar-refractivity contribution < 1.29 is 9.53 Å². The van der Waals surface area contributed by atoms with Gasteiger partial charge in [0, 0.05) is 5.54 Å². The van der Waals surface area contributed by atoms with E-state index in [9.17, 15) is 4.79 Å². The molecular weight excluding hydrogens is 276 g/mol. The Bertz CT molecular complexity index is 472. The lowest BCUT2D eigenvalue weighted by Gasteiger charge is -2.38. The van der Waals surface area contributed by atoms with Crippen LogP contribution in [0.2, 0.25) is 0 Å². The lowest BCUT2D eigenvalue weighted by Crippen LogP contribution is -2.46. The van der Waals surface area contributed by atoms with E-state index in [1.807, 2.05) is 24.3 Å². The maximum absolute atomic E-state index is 11.6. The Morgan fingerprint density at radius 2 is 1.64 bits per heavy atom. The zero-order valence-electron chi connectivity index (χ0n) is 14.4. The van der Waals surface area contributed by atoms with Gasteiger partial charge in [-0.05, 0) is 36.3 Å². The molecule has 0 aromatic heterocycles. The van der Waals surface area contributed by atoms with Crippen LogP contribution in [-0.4, -0.2) is 18.6 Å². The van der Waals surface area contributed by atoms with Gasteiger partial charge in [0.1, 0.15) is 6.04 Å². The Hall–Kier alpha value is -1.39. The quantitative estimate of drug-likeness (QED) is 0.759. The first-order chi connectivity index (χ1) is 10.2. The molecule has 4 N–H and O–H groups in total. The lowest BCUT2D eigenvalue weighted by atomic mass is 9.72. The Balaban J connectivity index is 2.89. The van der Waals surface area contributed by atoms with Gasteiger partial charge in [0.15, 0.2) is 0 Å². The van der Waals surface area contributed by atoms with Crippen LogP contribution < -0.4 is 11.5 Å². The van der Waals surface area contributed by atoms with Crippen LogP contribution in [0.4, 0.5) is 0 Å². The third kappa shape index (κ3) is 4.08. The van der Waals surface area contributed by atoms with Crippen LogP contribution in [0.15, 0.2) is 24.3 Å². The van der Waals surface area contributed by atoms with Gasteiger partial charge in [0.05, 0.1) is 6.61 Å². The Morgan fingerprint density at radius 1 is 1.14 bits per heavy atom. The van der Waals surface area contributed by atoms with Crippen LogP contribution in [0.25, 0.3) is 0 Å². The highest BCUT2D eigenvalue weighted by Gasteiger charge is 2.34. The van der Waals surface area contributed by atoms with E-state index >= 15 is 0 Å². The van der Waals surface area contributed by atoms with Crippen molar-refractivity contribution in [2.75, 3.05) is 6.61 Å². The first kappa shape index (κ1) is 18.7. The molecule has 0 aliphatic rings. The van der Waals surface area contributed by atoms with E-state index in [1.165, 1.54) is 0 Å². The molecule has 0 amide bonds. The summed E-state index contributed by atoms with van der Waals surface area (Å²) >= 11 is 0. The standard InChI is InChI=1S/C18H30N2O2/c1-6-22-17(21)16(19)11-14-7-9-15(10-8-14)18(20,12(2)3)13(4)5/h7-10,12-13,16H,6,11,19-20H2,1-5H3. The summed E-state index contributed by atoms with van der Waals surface area (Å²) in [7, 11) is 0. The van der Waals surface area contributed by atoms with Crippen molar-refractivity contribution in [2.24, 2.45) is 23.3 Å². The molecule has 0 saturated carbocycles. The van der Waals surface area contributed by atoms with Gasteiger partial charge in [-0.1, -0.05) is 52.0 Å². The number of carbonyl (C=O) groups is 1. The fraction of sp³-hybridized carbons (Fsp3) is 0.611. The Morgan fingerprint density at radius 3 is 2.05 bits per heavy atom. The van der Waals surface area contributed by atoms with Crippen LogP contribution in [0.5, 0.6) is 0 Å². The number of esters is 1. The van der Waals surface area contributed by atoms with Crippen molar-refractivity contribution in [3.8, 4) is 0 Å². The molecule has 0 saturated heterocycles. The van der Waals surface area contributed by atoms with E-state index < -0.39 is 6.04 Å². The molecule has 22 heavy (non-hydrogen) atoms. The molecule has 4 nitrogen and oxygen atoms in total. The third-order valence-corrected chi connectivity index (χ3v) is 4.41. The average molecular weight is 306 g/mol. The summed E-state index contributed by atoms with van der Waals surface area (Å²) in [5.74, 6) is 0.310. The zero-order valence-corrected chi connectivity index (χ0v) is 14.4. The lowest BCUT2D eigenvalue weighted by molar-refractivity contribution is -0.144. The summed E-state index contributed by atoms with van der Waals surface area (Å²) in [6, 6.07) is 7.48. The van der Waals surface area contributed by atoms with Crippen molar-refractivity contribution in [1.29, 1.82) is 0 Å². The van der Waals surface area contributed by atoms with Crippen molar-refractivity contribution in [3.05, 3.63) is 35.4 Å². The highest BCUT2D eigenvalue weighted by Crippen LogP contribution is 2.34. The van der Waals surface area contributed by atoms with Crippen LogP contribution >= 0.6 is 0 Å². The third-order valence-electron chi connectivity index (χ3n) is 4.41. The zero-order chi connectivity index (χ0) is 16.9. The summed E-state index contributed by atoms with van der Waals surface area (Å²) in [5.41, 5.74) is 14.3. The second-order valence-electron chi connectivity index (χ2n) is 6.50. The molecule has 0 fully saturated rings. The molecular formula is C18H30N2O2. The Kier molecular flexibility index (Phi) is 6.57. The van der Waals surface area contributed by atoms with Crippen molar-refractivity contribution in [3.63, 3.8) is 0 Å². The monoisotopic (exact) mass is 306 g/mol. The molecule has 1 rings (SSSR count). The molecule has 0 radical (unpaired) electrons. The minimum Gasteiger partial charge on any atom is -0.465 e. The molecule has 1 aromatic rings. The van der Waals surface area contributed by atoms with Gasteiger partial charge in [-0.2, -0.15) is 0 Å². The largest absolute Gasteiger partial charge is 0.465 e. The van der Waals surface area contributed by atoms with Crippen LogP contribution in [0.1, 0.15) is 45.7 Å². The van der Waals surface area contributed by atoms with Gasteiger partial charge in [-0.3, -0.25) is 4.79 Å². The molecule has 0 bridgehead atoms. The molecule has 1 aromatic carbocycles. The number of benzene rings is 1. The molecule has 4 heteroatoms. The van der Waals surface area contributed by atoms with Gasteiger partial charge >= 0.3 is 5.97 Å². The van der Waals surface area contributed by atoms with E-state index in [0.29, 0.717) is 24.9 Å². The summed E-state index contributed by atoms with van der Waals surface area (Å²) in [6.45, 7) is 10.7. The molecule has 0 aliphatic carbocycles. The summed E-state index contributed by atoms with van der Waals surface area (Å²) in [4.78, 5) is 11.6. The summed E-state index contributed by atoms with van der Waals surface area (Å²) < 4.78 is 4.93. The first-order valence-corrected chi connectivity index (χ1v) is 8.03. The predicted molar refractivity (Wildman–Crippen MR) is 90.3 cm³/mol. The molecule has 0 aliphatic heterocycles. The second-order valence-corrected chi connectivity index (χ2v) is 6.50. The van der Waals surface area contributed by atoms with Crippen LogP contribution in [0, 0.1) is 11.8 Å². The van der Waals surface area contributed by atoms with Crippen LogP contribution in [0.3, 0.4) is 0 Å². The fourth-order valence-electron chi connectivity index (χ4n) is 2.85. The topological polar surface area (TPSA) is 78.3 Å². The molecule has 124 valence electrons. The van der Waals surface area contributed by atoms with Crippen LogP contribution in [-0.2, 0) is 21.5 Å². The van der Waals surface area contributed by atoms with Gasteiger partial charge in [-0.25, -0.2) is 0 Å². The summed E-state index contributed by atoms with van der Waals surface area (Å²) in [6.07, 6.45) is 0.472. The number of nitrogens with two attached hydrogens (primary N) is 2. The van der Waals surface area contributed by atoms with E-state index in [4.69, 9.17) is 16.2 Å². The van der Waals surface area contributed by atoms with E-state index in [0.717, 1.165) is 11.1 Å². The van der Waals surface area contributed by atoms with Crippen molar-refractivity contribution in [1.82, 2.24) is 0 Å². The highest BCUT2D eigenvalue weighted by atomic mass is 16.5. The molecule has 0 heterocycles. The predicted octanol–water partition coefficient (Wildman–Crippen LogP) is 2.59. The number of rotatable bonds is 7. The maximum atomic E-state index is 11.6. The summed E-state index contributed by atoms with van der Waals surface area (Å²) in [5, 5.41) is 0. The van der Waals surface area contributed by atoms with Gasteiger partial charge in [0.2, 0.25) is 0 Å². The van der Waals surface area contributed by atoms with Gasteiger partial charge in [-0.15, -0.1) is 0 Å². The SMILES string of the molecule is CCOC(=O)C(N)Cc1ccc(C(N)(C(C)C)C(C)C)cc1. The minimum absolute atomic E-state index is 0.333. The average Bonchev–Trinajstić information content (AvgIpc) is 2.46. The van der Waals surface area contributed by atoms with E-state index in [-0.39, 0.29) is 11.5 Å². The second kappa shape index (κ2) is 7.75. The molecule has 0 spiro atoms. The minimum atomic E-state index is -0.622. The fourth-order valence-corrected chi connectivity index (χ4v) is 2.85. The van der Waals surface area contributed by atoms with Gasteiger partial charge < -0.3 is 16.2 Å². The number of carbonyl (C=O) groups excluding carboxylic acids is 1. The normalized spacial score (nSPS) is 13.5. The first-order valence-electron chi connectivity index (χ1n) is 8.03. The highest BCUT2D eigenvalue weighted by molar-refractivity contribution is 5.75. The number of hydrogen-bond donors (Lipinski definition) is 2. The van der Waals surface area contributed by atoms with Gasteiger partial charge in [0.25, 0.3) is 0 Å². The van der Waals surface area contributed by atoms with E-state index in [2.05, 4.69) is 27.7 Å². The van der Waals surface area contributed by atoms with Crippen molar-refractivity contribution >= 4 is 5.97 Å². The van der Waals surface area contributed by atoms with E-state index in [1.54, 1.807) is 6.92 Å². The Labute approximate surface area is 134 Å².